The summed E-state index contributed by atoms with van der Waals surface area (Å²) in [6.45, 7) is 0.205. The van der Waals surface area contributed by atoms with Crippen molar-refractivity contribution in [2.45, 2.75) is 18.1 Å². The number of hydrogen-bond acceptors (Lipinski definition) is 10. The van der Waals surface area contributed by atoms with Gasteiger partial charge in [-0.25, -0.2) is 22.6 Å². The van der Waals surface area contributed by atoms with Crippen LogP contribution in [0.2, 0.25) is 0 Å². The van der Waals surface area contributed by atoms with E-state index >= 15 is 0 Å². The molecule has 0 amide bonds. The zero-order chi connectivity index (χ0) is 25.7. The highest BCUT2D eigenvalue weighted by Gasteiger charge is 2.33. The number of sulfone groups is 1. The van der Waals surface area contributed by atoms with E-state index in [0.717, 1.165) is 0 Å². The predicted molar refractivity (Wildman–Crippen MR) is 138 cm³/mol. The molecule has 0 saturated carbocycles. The molecule has 11 nitrogen and oxygen atoms in total. The van der Waals surface area contributed by atoms with Crippen molar-refractivity contribution in [1.82, 2.24) is 9.97 Å². The van der Waals surface area contributed by atoms with Crippen LogP contribution in [0.25, 0.3) is 11.0 Å². The minimum absolute atomic E-state index is 0.0116. The molecule has 4 rings (SSSR count). The Morgan fingerprint density at radius 1 is 1.11 bits per heavy atom. The van der Waals surface area contributed by atoms with Crippen molar-refractivity contribution in [3.8, 4) is 17.2 Å². The lowest BCUT2D eigenvalue weighted by molar-refractivity contribution is 0.228. The molecule has 1 aromatic heterocycles. The van der Waals surface area contributed by atoms with Gasteiger partial charge in [-0.05, 0) is 18.6 Å². The summed E-state index contributed by atoms with van der Waals surface area (Å²) < 4.78 is 56.5. The van der Waals surface area contributed by atoms with Gasteiger partial charge in [-0.15, -0.1) is 0 Å². The van der Waals surface area contributed by atoms with Gasteiger partial charge in [0.15, 0.2) is 33.0 Å². The number of fused-ring (bicyclic) bond motifs is 1. The molecule has 36 heavy (non-hydrogen) atoms. The standard InChI is InChI=1S/C23H28N4O7S2/c1-32-15-12-19(21(20(13-15)33-2)34-10-5-9-28)26-22-23(25-18-7-4-3-6-17(18)24-22)27-35(29)16-8-11-36(30,31)14-16/h3-4,6-7,12-13,16,28H,5,8-11,14H2,1-2H3,(H,24,26)(H,25,27). The first-order valence-corrected chi connectivity index (χ1v) is 14.3. The number of hydrogen-bond donors (Lipinski definition) is 3. The molecule has 1 aliphatic rings. The third-order valence-electron chi connectivity index (χ3n) is 5.55. The zero-order valence-corrected chi connectivity index (χ0v) is 21.5. The van der Waals surface area contributed by atoms with Gasteiger partial charge < -0.3 is 24.6 Å². The SMILES string of the molecule is COc1cc(Nc2nc3ccccc3nc2NS(=O)C2CCS(=O)(=O)C2)c(OCCCO)c(OC)c1. The summed E-state index contributed by atoms with van der Waals surface area (Å²) in [5.74, 6) is 1.58. The lowest BCUT2D eigenvalue weighted by atomic mass is 10.2. The summed E-state index contributed by atoms with van der Waals surface area (Å²) in [6, 6.07) is 10.6. The molecular weight excluding hydrogens is 508 g/mol. The Bertz CT molecular complexity index is 1370. The molecule has 1 aliphatic heterocycles. The van der Waals surface area contributed by atoms with E-state index in [1.165, 1.54) is 14.2 Å². The van der Waals surface area contributed by atoms with Gasteiger partial charge in [0.25, 0.3) is 0 Å². The van der Waals surface area contributed by atoms with Gasteiger partial charge >= 0.3 is 0 Å². The van der Waals surface area contributed by atoms with E-state index in [0.29, 0.717) is 46.8 Å². The van der Waals surface area contributed by atoms with Gasteiger partial charge in [-0.1, -0.05) is 12.1 Å². The zero-order valence-electron chi connectivity index (χ0n) is 19.9. The molecule has 2 atom stereocenters. The second-order valence-corrected chi connectivity index (χ2v) is 11.8. The Morgan fingerprint density at radius 2 is 1.83 bits per heavy atom. The van der Waals surface area contributed by atoms with Crippen LogP contribution < -0.4 is 24.2 Å². The van der Waals surface area contributed by atoms with Crippen LogP contribution >= 0.6 is 0 Å². The van der Waals surface area contributed by atoms with Crippen molar-refractivity contribution in [1.29, 1.82) is 0 Å². The minimum Gasteiger partial charge on any atom is -0.497 e. The summed E-state index contributed by atoms with van der Waals surface area (Å²) in [4.78, 5) is 9.26. The number of ether oxygens (including phenoxy) is 3. The van der Waals surface area contributed by atoms with Crippen molar-refractivity contribution in [3.05, 3.63) is 36.4 Å². The number of anilines is 3. The largest absolute Gasteiger partial charge is 0.497 e. The number of benzene rings is 2. The number of aliphatic hydroxyl groups excluding tert-OH is 1. The van der Waals surface area contributed by atoms with E-state index in [-0.39, 0.29) is 36.4 Å². The average Bonchev–Trinajstić information content (AvgIpc) is 3.24. The van der Waals surface area contributed by atoms with Crippen molar-refractivity contribution >= 4 is 49.2 Å². The Morgan fingerprint density at radius 3 is 2.44 bits per heavy atom. The molecule has 1 saturated heterocycles. The lowest BCUT2D eigenvalue weighted by Gasteiger charge is -2.19. The first-order valence-electron chi connectivity index (χ1n) is 11.2. The lowest BCUT2D eigenvalue weighted by Crippen LogP contribution is -2.23. The normalized spacial score (nSPS) is 17.5. The molecule has 13 heteroatoms. The number of rotatable bonds is 11. The summed E-state index contributed by atoms with van der Waals surface area (Å²) >= 11 is 0. The molecule has 2 unspecified atom stereocenters. The second-order valence-electron chi connectivity index (χ2n) is 8.09. The maximum absolute atomic E-state index is 13.0. The minimum atomic E-state index is -3.21. The summed E-state index contributed by atoms with van der Waals surface area (Å²) in [7, 11) is -1.89. The fourth-order valence-electron chi connectivity index (χ4n) is 3.72. The fourth-order valence-corrected chi connectivity index (χ4v) is 7.36. The van der Waals surface area contributed by atoms with Crippen molar-refractivity contribution in [2.75, 3.05) is 49.0 Å². The first-order chi connectivity index (χ1) is 17.3. The summed E-state index contributed by atoms with van der Waals surface area (Å²) in [5.41, 5.74) is 1.62. The van der Waals surface area contributed by atoms with Crippen molar-refractivity contribution in [3.63, 3.8) is 0 Å². The van der Waals surface area contributed by atoms with E-state index in [1.807, 2.05) is 12.1 Å². The average molecular weight is 537 g/mol. The van der Waals surface area contributed by atoms with Crippen LogP contribution in [0, 0.1) is 0 Å². The molecule has 3 N–H and O–H groups in total. The van der Waals surface area contributed by atoms with Crippen molar-refractivity contribution < 1.29 is 31.9 Å². The van der Waals surface area contributed by atoms with Gasteiger partial charge in [0.2, 0.25) is 0 Å². The molecule has 194 valence electrons. The van der Waals surface area contributed by atoms with Crippen molar-refractivity contribution in [2.24, 2.45) is 0 Å². The number of nitrogens with one attached hydrogen (secondary N) is 2. The third kappa shape index (κ3) is 5.97. The second kappa shape index (κ2) is 11.3. The van der Waals surface area contributed by atoms with Gasteiger partial charge in [-0.2, -0.15) is 0 Å². The Hall–Kier alpha value is -3.16. The fraction of sp³-hybridized carbons (Fsp3) is 0.391. The third-order valence-corrected chi connectivity index (χ3v) is 8.93. The molecule has 0 spiro atoms. The van der Waals surface area contributed by atoms with E-state index in [1.54, 1.807) is 24.3 Å². The van der Waals surface area contributed by atoms with Crippen LogP contribution in [-0.2, 0) is 20.8 Å². The topological polar surface area (TPSA) is 149 Å². The first kappa shape index (κ1) is 25.9. The Labute approximate surface area is 211 Å². The Balaban J connectivity index is 1.74. The van der Waals surface area contributed by atoms with E-state index < -0.39 is 26.1 Å². The van der Waals surface area contributed by atoms with Crippen LogP contribution in [-0.4, -0.2) is 71.9 Å². The molecule has 0 bridgehead atoms. The molecular formula is C23H28N4O7S2. The molecule has 2 aromatic carbocycles. The van der Waals surface area contributed by atoms with E-state index in [4.69, 9.17) is 19.3 Å². The van der Waals surface area contributed by atoms with Gasteiger partial charge in [0.05, 0.1) is 54.3 Å². The van der Waals surface area contributed by atoms with Gasteiger partial charge in [0.1, 0.15) is 16.7 Å². The number of methoxy groups -OCH3 is 2. The molecule has 2 heterocycles. The van der Waals surface area contributed by atoms with E-state index in [9.17, 15) is 12.6 Å². The predicted octanol–water partition coefficient (Wildman–Crippen LogP) is 2.41. The van der Waals surface area contributed by atoms with Crippen LogP contribution in [0.5, 0.6) is 17.2 Å². The summed E-state index contributed by atoms with van der Waals surface area (Å²) in [5, 5.41) is 11.8. The van der Waals surface area contributed by atoms with Crippen LogP contribution in [0.15, 0.2) is 36.4 Å². The highest BCUT2D eigenvalue weighted by Crippen LogP contribution is 2.41. The maximum Gasteiger partial charge on any atom is 0.184 e. The monoisotopic (exact) mass is 536 g/mol. The quantitative estimate of drug-likeness (QED) is 0.312. The highest BCUT2D eigenvalue weighted by molar-refractivity contribution is 7.94. The highest BCUT2D eigenvalue weighted by atomic mass is 32.2. The Kier molecular flexibility index (Phi) is 8.11. The van der Waals surface area contributed by atoms with Crippen LogP contribution in [0.1, 0.15) is 12.8 Å². The maximum atomic E-state index is 13.0. The molecule has 3 aromatic rings. The number of aromatic nitrogens is 2. The van der Waals surface area contributed by atoms with E-state index in [2.05, 4.69) is 20.0 Å². The smallest absolute Gasteiger partial charge is 0.184 e. The number of para-hydroxylation sites is 2. The number of aliphatic hydroxyl groups is 1. The van der Waals surface area contributed by atoms with Gasteiger partial charge in [0, 0.05) is 25.2 Å². The molecule has 0 aliphatic carbocycles. The van der Waals surface area contributed by atoms with Crippen LogP contribution in [0.4, 0.5) is 17.3 Å². The van der Waals surface area contributed by atoms with Gasteiger partial charge in [-0.3, -0.25) is 4.72 Å². The molecule has 0 radical (unpaired) electrons. The molecule has 1 fully saturated rings. The number of nitrogens with zero attached hydrogens (tertiary/aromatic N) is 2. The summed E-state index contributed by atoms with van der Waals surface area (Å²) in [6.07, 6.45) is 0.724. The van der Waals surface area contributed by atoms with Crippen LogP contribution in [0.3, 0.4) is 0 Å².